The van der Waals surface area contributed by atoms with Gasteiger partial charge in [0.15, 0.2) is 0 Å². The molecule has 2 heterocycles. The van der Waals surface area contributed by atoms with Gasteiger partial charge >= 0.3 is 0 Å². The minimum Gasteiger partial charge on any atom is -0.389 e. The van der Waals surface area contributed by atoms with Crippen molar-refractivity contribution in [3.63, 3.8) is 0 Å². The van der Waals surface area contributed by atoms with Crippen LogP contribution >= 0.6 is 0 Å². The molecule has 1 aromatic rings. The van der Waals surface area contributed by atoms with E-state index in [1.165, 1.54) is 31.4 Å². The zero-order valence-electron chi connectivity index (χ0n) is 12.2. The minimum absolute atomic E-state index is 0.531. The molecule has 2 aliphatic rings. The molecule has 1 saturated heterocycles. The van der Waals surface area contributed by atoms with E-state index in [1.807, 2.05) is 12.5 Å². The molecule has 3 rings (SSSR count). The van der Waals surface area contributed by atoms with Crippen molar-refractivity contribution in [2.24, 2.45) is 0 Å². The molecule has 5 heteroatoms. The van der Waals surface area contributed by atoms with Gasteiger partial charge in [-0.15, -0.1) is 0 Å². The quantitative estimate of drug-likeness (QED) is 0.876. The smallest absolute Gasteiger partial charge is 0.0951 e. The Labute approximate surface area is 120 Å². The molecule has 2 N–H and O–H groups in total. The summed E-state index contributed by atoms with van der Waals surface area (Å²) < 4.78 is 2.31. The number of piperidine rings is 1. The van der Waals surface area contributed by atoms with E-state index in [1.54, 1.807) is 6.92 Å². The van der Waals surface area contributed by atoms with Gasteiger partial charge in [-0.05, 0) is 26.2 Å². The van der Waals surface area contributed by atoms with Crippen LogP contribution in [0.15, 0.2) is 12.5 Å². The van der Waals surface area contributed by atoms with Crippen molar-refractivity contribution >= 4 is 0 Å². The molecule has 112 valence electrons. The first-order chi connectivity index (χ1) is 9.56. The highest BCUT2D eigenvalue weighted by atomic mass is 16.3. The van der Waals surface area contributed by atoms with Gasteiger partial charge in [0, 0.05) is 31.9 Å². The van der Waals surface area contributed by atoms with E-state index in [-0.39, 0.29) is 0 Å². The number of hydrogen-bond acceptors (Lipinski definition) is 4. The molecule has 2 atom stereocenters. The third kappa shape index (κ3) is 2.75. The van der Waals surface area contributed by atoms with Crippen LogP contribution in [0.25, 0.3) is 0 Å². The molecule has 0 amide bonds. The molecule has 20 heavy (non-hydrogen) atoms. The van der Waals surface area contributed by atoms with Gasteiger partial charge < -0.3 is 14.8 Å². The predicted octanol–water partition coefficient (Wildman–Crippen LogP) is 1.32. The Bertz CT molecular complexity index is 452. The van der Waals surface area contributed by atoms with Gasteiger partial charge in [-0.3, -0.25) is 4.90 Å². The van der Waals surface area contributed by atoms with E-state index in [0.717, 1.165) is 13.1 Å². The van der Waals surface area contributed by atoms with Gasteiger partial charge in [0.25, 0.3) is 0 Å². The van der Waals surface area contributed by atoms with Gasteiger partial charge in [0.05, 0.1) is 23.7 Å². The normalized spacial score (nSPS) is 32.9. The molecule has 0 aromatic carbocycles. The summed E-state index contributed by atoms with van der Waals surface area (Å²) in [7, 11) is 0. The minimum atomic E-state index is -0.942. The summed E-state index contributed by atoms with van der Waals surface area (Å²) in [5.74, 6) is 0. The predicted molar refractivity (Wildman–Crippen MR) is 76.3 cm³/mol. The Kier molecular flexibility index (Phi) is 3.84. The lowest BCUT2D eigenvalue weighted by Gasteiger charge is -2.40. The first-order valence-electron chi connectivity index (χ1n) is 7.70. The van der Waals surface area contributed by atoms with Crippen LogP contribution in [0, 0.1) is 0 Å². The zero-order chi connectivity index (χ0) is 14.2. The molecule has 2 fully saturated rings. The molecule has 0 bridgehead atoms. The van der Waals surface area contributed by atoms with Crippen molar-refractivity contribution in [3.05, 3.63) is 18.2 Å². The highest BCUT2D eigenvalue weighted by Gasteiger charge is 2.36. The fraction of sp³-hybridized carbons (Fsp3) is 0.800. The van der Waals surface area contributed by atoms with E-state index < -0.39 is 11.7 Å². The van der Waals surface area contributed by atoms with Crippen LogP contribution < -0.4 is 0 Å². The van der Waals surface area contributed by atoms with Gasteiger partial charge in [-0.25, -0.2) is 4.98 Å². The fourth-order valence-corrected chi connectivity index (χ4v) is 3.42. The molecule has 1 saturated carbocycles. The average Bonchev–Trinajstić information content (AvgIpc) is 3.04. The van der Waals surface area contributed by atoms with E-state index in [9.17, 15) is 10.2 Å². The highest BCUT2D eigenvalue weighted by molar-refractivity contribution is 5.03. The Morgan fingerprint density at radius 3 is 2.85 bits per heavy atom. The van der Waals surface area contributed by atoms with Gasteiger partial charge in [-0.1, -0.05) is 12.8 Å². The maximum absolute atomic E-state index is 10.0. The summed E-state index contributed by atoms with van der Waals surface area (Å²) in [6.45, 7) is 3.88. The number of rotatable bonds is 3. The molecule has 0 unspecified atom stereocenters. The molecule has 1 aliphatic heterocycles. The lowest BCUT2D eigenvalue weighted by atomic mass is 9.91. The third-order valence-corrected chi connectivity index (χ3v) is 4.93. The lowest BCUT2D eigenvalue weighted by molar-refractivity contribution is -0.108. The summed E-state index contributed by atoms with van der Waals surface area (Å²) in [5, 5.41) is 20.0. The van der Waals surface area contributed by atoms with Gasteiger partial charge in [0.1, 0.15) is 0 Å². The van der Waals surface area contributed by atoms with E-state index >= 15 is 0 Å². The number of hydrogen-bond donors (Lipinski definition) is 2. The molecular formula is C15H25N3O2. The van der Waals surface area contributed by atoms with Crippen LogP contribution in [0.4, 0.5) is 0 Å². The first-order valence-corrected chi connectivity index (χ1v) is 7.70. The second kappa shape index (κ2) is 5.47. The van der Waals surface area contributed by atoms with Crippen molar-refractivity contribution in [1.29, 1.82) is 0 Å². The Hall–Kier alpha value is -0.910. The molecule has 1 aromatic heterocycles. The molecular weight excluding hydrogens is 254 g/mol. The first kappa shape index (κ1) is 14.0. The van der Waals surface area contributed by atoms with Crippen LogP contribution in [0.3, 0.4) is 0 Å². The van der Waals surface area contributed by atoms with Gasteiger partial charge in [-0.2, -0.15) is 0 Å². The number of aromatic nitrogens is 2. The van der Waals surface area contributed by atoms with Crippen LogP contribution in [0.1, 0.15) is 50.8 Å². The average molecular weight is 279 g/mol. The summed E-state index contributed by atoms with van der Waals surface area (Å²) >= 11 is 0. The molecule has 5 nitrogen and oxygen atoms in total. The van der Waals surface area contributed by atoms with E-state index in [2.05, 4.69) is 14.5 Å². The summed E-state index contributed by atoms with van der Waals surface area (Å²) in [5.41, 5.74) is 0.285. The van der Waals surface area contributed by atoms with Crippen molar-refractivity contribution in [2.45, 2.75) is 63.3 Å². The number of nitrogens with zero attached hydrogens (tertiary/aromatic N) is 3. The number of imidazole rings is 1. The number of aliphatic hydroxyl groups is 2. The summed E-state index contributed by atoms with van der Waals surface area (Å²) in [6, 6.07) is 0.602. The van der Waals surface area contributed by atoms with Crippen molar-refractivity contribution in [1.82, 2.24) is 14.5 Å². The molecule has 0 radical (unpaired) electrons. The summed E-state index contributed by atoms with van der Waals surface area (Å²) in [4.78, 5) is 6.52. The number of likely N-dealkylation sites (tertiary alicyclic amines) is 1. The Balaban J connectivity index is 1.65. The second-order valence-electron chi connectivity index (χ2n) is 6.59. The van der Waals surface area contributed by atoms with Crippen LogP contribution in [-0.4, -0.2) is 49.5 Å². The highest BCUT2D eigenvalue weighted by Crippen LogP contribution is 2.31. The third-order valence-electron chi connectivity index (χ3n) is 4.93. The Morgan fingerprint density at radius 1 is 1.40 bits per heavy atom. The molecule has 0 spiro atoms. The topological polar surface area (TPSA) is 61.5 Å². The fourth-order valence-electron chi connectivity index (χ4n) is 3.42. The summed E-state index contributed by atoms with van der Waals surface area (Å²) in [6.07, 6.45) is 8.97. The van der Waals surface area contributed by atoms with E-state index in [0.29, 0.717) is 19.0 Å². The van der Waals surface area contributed by atoms with Crippen molar-refractivity contribution in [3.8, 4) is 0 Å². The standard InChI is InChI=1S/C15H25N3O2/c1-15(20)6-7-17(10-14(15)19)9-13-8-16-11-18(13)12-4-2-3-5-12/h8,11-12,14,19-20H,2-7,9-10H2,1H3/t14-,15-/m1/s1. The van der Waals surface area contributed by atoms with E-state index in [4.69, 9.17) is 0 Å². The maximum atomic E-state index is 10.0. The second-order valence-corrected chi connectivity index (χ2v) is 6.59. The number of β-amino-alcohol motifs (C(OH)–C–C–N with tert-alkyl or cyclic N) is 1. The SMILES string of the molecule is C[C@@]1(O)CCN(Cc2cncn2C2CCCC2)C[C@H]1O. The van der Waals surface area contributed by atoms with Gasteiger partial charge in [0.2, 0.25) is 0 Å². The van der Waals surface area contributed by atoms with Crippen LogP contribution in [0.2, 0.25) is 0 Å². The number of aliphatic hydroxyl groups excluding tert-OH is 1. The zero-order valence-corrected chi connectivity index (χ0v) is 12.2. The largest absolute Gasteiger partial charge is 0.389 e. The Morgan fingerprint density at radius 2 is 2.15 bits per heavy atom. The van der Waals surface area contributed by atoms with Crippen molar-refractivity contribution in [2.75, 3.05) is 13.1 Å². The van der Waals surface area contributed by atoms with Crippen LogP contribution in [-0.2, 0) is 6.54 Å². The monoisotopic (exact) mass is 279 g/mol. The maximum Gasteiger partial charge on any atom is 0.0951 e. The lowest BCUT2D eigenvalue weighted by Crippen LogP contribution is -2.53. The molecule has 1 aliphatic carbocycles. The van der Waals surface area contributed by atoms with Crippen LogP contribution in [0.5, 0.6) is 0 Å². The van der Waals surface area contributed by atoms with Crippen molar-refractivity contribution < 1.29 is 10.2 Å².